The van der Waals surface area contributed by atoms with Gasteiger partial charge in [-0.1, -0.05) is 48.9 Å². The second-order valence-electron chi connectivity index (χ2n) is 9.49. The molecule has 3 aromatic rings. The molecule has 1 atom stereocenters. The maximum Gasteiger partial charge on any atom is 0.264 e. The van der Waals surface area contributed by atoms with Crippen LogP contribution in [0.5, 0.6) is 5.75 Å². The summed E-state index contributed by atoms with van der Waals surface area (Å²) >= 11 is 6.06. The summed E-state index contributed by atoms with van der Waals surface area (Å²) in [6, 6.07) is 20.5. The van der Waals surface area contributed by atoms with Crippen molar-refractivity contribution < 1.29 is 22.7 Å². The standard InChI is InChI=1S/C30H36ClN3O5S/c1-5-28(30(36)32-22(3)4)33(20-23-12-14-24(31)15-13-23)29(35)21-34(25-16-18-26(19-17-25)39-6-2)40(37,38)27-10-8-7-9-11-27/h7-19,22,28H,5-6,20-21H2,1-4H3,(H,32,36). The summed E-state index contributed by atoms with van der Waals surface area (Å²) in [5.74, 6) is -0.247. The van der Waals surface area contributed by atoms with Gasteiger partial charge in [-0.3, -0.25) is 13.9 Å². The van der Waals surface area contributed by atoms with Crippen molar-refractivity contribution in [2.75, 3.05) is 17.5 Å². The molecule has 214 valence electrons. The van der Waals surface area contributed by atoms with Gasteiger partial charge in [0.1, 0.15) is 18.3 Å². The van der Waals surface area contributed by atoms with Crippen molar-refractivity contribution >= 4 is 39.1 Å². The van der Waals surface area contributed by atoms with Crippen molar-refractivity contribution in [3.05, 3.63) is 89.4 Å². The Morgan fingerprint density at radius 3 is 2.10 bits per heavy atom. The van der Waals surface area contributed by atoms with Crippen molar-refractivity contribution in [1.29, 1.82) is 0 Å². The van der Waals surface area contributed by atoms with Crippen LogP contribution in [0.3, 0.4) is 0 Å². The molecule has 0 aliphatic rings. The molecule has 0 heterocycles. The van der Waals surface area contributed by atoms with Gasteiger partial charge in [0.05, 0.1) is 17.2 Å². The number of ether oxygens (including phenoxy) is 1. The Bertz CT molecular complexity index is 1360. The number of benzene rings is 3. The number of amides is 2. The molecule has 0 aliphatic heterocycles. The lowest BCUT2D eigenvalue weighted by Gasteiger charge is -2.33. The van der Waals surface area contributed by atoms with Crippen molar-refractivity contribution in [1.82, 2.24) is 10.2 Å². The number of halogens is 1. The van der Waals surface area contributed by atoms with Crippen LogP contribution < -0.4 is 14.4 Å². The predicted octanol–water partition coefficient (Wildman–Crippen LogP) is 5.27. The molecule has 0 radical (unpaired) electrons. The van der Waals surface area contributed by atoms with Gasteiger partial charge in [0.15, 0.2) is 0 Å². The van der Waals surface area contributed by atoms with Crippen LogP contribution >= 0.6 is 11.6 Å². The fraction of sp³-hybridized carbons (Fsp3) is 0.333. The molecule has 0 bridgehead atoms. The minimum Gasteiger partial charge on any atom is -0.494 e. The Morgan fingerprint density at radius 2 is 1.55 bits per heavy atom. The normalized spacial score (nSPS) is 12.1. The molecule has 10 heteroatoms. The number of nitrogens with zero attached hydrogens (tertiary/aromatic N) is 2. The minimum atomic E-state index is -4.13. The molecule has 2 amide bonds. The number of nitrogens with one attached hydrogen (secondary N) is 1. The SMILES string of the molecule is CCOc1ccc(N(CC(=O)N(Cc2ccc(Cl)cc2)C(CC)C(=O)NC(C)C)S(=O)(=O)c2ccccc2)cc1. The Morgan fingerprint density at radius 1 is 0.925 bits per heavy atom. The maximum absolute atomic E-state index is 14.0. The van der Waals surface area contributed by atoms with Gasteiger partial charge in [0.25, 0.3) is 10.0 Å². The second-order valence-corrected chi connectivity index (χ2v) is 11.8. The summed E-state index contributed by atoms with van der Waals surface area (Å²) in [7, 11) is -4.13. The van der Waals surface area contributed by atoms with Gasteiger partial charge in [-0.2, -0.15) is 0 Å². The Hall–Kier alpha value is -3.56. The smallest absolute Gasteiger partial charge is 0.264 e. The lowest BCUT2D eigenvalue weighted by Crippen LogP contribution is -2.53. The van der Waals surface area contributed by atoms with Gasteiger partial charge in [0, 0.05) is 17.6 Å². The third kappa shape index (κ3) is 7.99. The van der Waals surface area contributed by atoms with Crippen LogP contribution in [-0.2, 0) is 26.2 Å². The fourth-order valence-electron chi connectivity index (χ4n) is 4.21. The molecule has 3 aromatic carbocycles. The zero-order valence-electron chi connectivity index (χ0n) is 23.2. The summed E-state index contributed by atoms with van der Waals surface area (Å²) in [4.78, 5) is 28.7. The van der Waals surface area contributed by atoms with Gasteiger partial charge in [-0.05, 0) is 81.3 Å². The number of carbonyl (C=O) groups is 2. The van der Waals surface area contributed by atoms with E-state index in [1.54, 1.807) is 66.7 Å². The third-order valence-electron chi connectivity index (χ3n) is 6.13. The Balaban J connectivity index is 2.04. The molecule has 0 saturated carbocycles. The quantitative estimate of drug-likeness (QED) is 0.295. The molecule has 1 unspecified atom stereocenters. The molecule has 0 aliphatic carbocycles. The molecule has 8 nitrogen and oxygen atoms in total. The molecule has 3 rings (SSSR count). The maximum atomic E-state index is 14.0. The number of anilines is 1. The summed E-state index contributed by atoms with van der Waals surface area (Å²) < 4.78 is 34.3. The Labute approximate surface area is 241 Å². The second kappa shape index (κ2) is 14.2. The lowest BCUT2D eigenvalue weighted by molar-refractivity contribution is -0.140. The molecule has 40 heavy (non-hydrogen) atoms. The number of sulfonamides is 1. The van der Waals surface area contributed by atoms with Gasteiger partial charge in [-0.15, -0.1) is 0 Å². The number of carbonyl (C=O) groups excluding carboxylic acids is 2. The minimum absolute atomic E-state index is 0.0468. The first-order valence-electron chi connectivity index (χ1n) is 13.2. The highest BCUT2D eigenvalue weighted by atomic mass is 35.5. The third-order valence-corrected chi connectivity index (χ3v) is 8.17. The topological polar surface area (TPSA) is 96.0 Å². The van der Waals surface area contributed by atoms with E-state index in [0.29, 0.717) is 29.5 Å². The molecule has 0 saturated heterocycles. The van der Waals surface area contributed by atoms with Crippen LogP contribution in [0.4, 0.5) is 5.69 Å². The first kappa shape index (κ1) is 31.0. The number of hydrogen-bond donors (Lipinski definition) is 1. The van der Waals surface area contributed by atoms with Crippen LogP contribution in [-0.4, -0.2) is 50.4 Å². The van der Waals surface area contributed by atoms with E-state index >= 15 is 0 Å². The van der Waals surface area contributed by atoms with Gasteiger partial charge >= 0.3 is 0 Å². The number of hydrogen-bond acceptors (Lipinski definition) is 5. The first-order valence-corrected chi connectivity index (χ1v) is 15.0. The van der Waals surface area contributed by atoms with Crippen molar-refractivity contribution in [2.24, 2.45) is 0 Å². The van der Waals surface area contributed by atoms with Gasteiger partial charge in [-0.25, -0.2) is 8.42 Å². The highest BCUT2D eigenvalue weighted by molar-refractivity contribution is 7.92. The first-order chi connectivity index (χ1) is 19.1. The van der Waals surface area contributed by atoms with Gasteiger partial charge < -0.3 is 15.0 Å². The molecular weight excluding hydrogens is 550 g/mol. The predicted molar refractivity (Wildman–Crippen MR) is 158 cm³/mol. The molecule has 0 aromatic heterocycles. The zero-order valence-corrected chi connectivity index (χ0v) is 24.8. The van der Waals surface area contributed by atoms with Crippen LogP contribution in [0.15, 0.2) is 83.8 Å². The van der Waals surface area contributed by atoms with E-state index in [2.05, 4.69) is 5.32 Å². The lowest BCUT2D eigenvalue weighted by atomic mass is 10.1. The summed E-state index contributed by atoms with van der Waals surface area (Å²) in [6.45, 7) is 7.41. The van der Waals surface area contributed by atoms with E-state index in [1.807, 2.05) is 27.7 Å². The van der Waals surface area contributed by atoms with E-state index in [0.717, 1.165) is 9.87 Å². The van der Waals surface area contributed by atoms with Crippen molar-refractivity contribution in [3.63, 3.8) is 0 Å². The van der Waals surface area contributed by atoms with E-state index in [9.17, 15) is 18.0 Å². The summed E-state index contributed by atoms with van der Waals surface area (Å²) in [5.41, 5.74) is 1.05. The monoisotopic (exact) mass is 585 g/mol. The largest absolute Gasteiger partial charge is 0.494 e. The molecular formula is C30H36ClN3O5S. The molecule has 0 spiro atoms. The van der Waals surface area contributed by atoms with E-state index in [4.69, 9.17) is 16.3 Å². The Kier molecular flexibility index (Phi) is 11.0. The van der Waals surface area contributed by atoms with Crippen LogP contribution in [0.1, 0.15) is 39.7 Å². The highest BCUT2D eigenvalue weighted by Crippen LogP contribution is 2.27. The number of rotatable bonds is 13. The van der Waals surface area contributed by atoms with Crippen molar-refractivity contribution in [3.8, 4) is 5.75 Å². The van der Waals surface area contributed by atoms with Crippen LogP contribution in [0.2, 0.25) is 5.02 Å². The van der Waals surface area contributed by atoms with Gasteiger partial charge in [0.2, 0.25) is 11.8 Å². The zero-order chi connectivity index (χ0) is 29.3. The van der Waals surface area contributed by atoms with Crippen LogP contribution in [0.25, 0.3) is 0 Å². The van der Waals surface area contributed by atoms with Crippen molar-refractivity contribution in [2.45, 2.75) is 57.6 Å². The molecule has 0 fully saturated rings. The van der Waals surface area contributed by atoms with Crippen LogP contribution in [0, 0.1) is 0 Å². The fourth-order valence-corrected chi connectivity index (χ4v) is 5.77. The average Bonchev–Trinajstić information content (AvgIpc) is 2.93. The van der Waals surface area contributed by atoms with E-state index < -0.39 is 28.5 Å². The summed E-state index contributed by atoms with van der Waals surface area (Å²) in [5, 5.41) is 3.43. The average molecular weight is 586 g/mol. The van der Waals surface area contributed by atoms with E-state index in [1.165, 1.54) is 17.0 Å². The summed E-state index contributed by atoms with van der Waals surface area (Å²) in [6.07, 6.45) is 0.340. The highest BCUT2D eigenvalue weighted by Gasteiger charge is 2.33. The molecule has 1 N–H and O–H groups in total. The van der Waals surface area contributed by atoms with E-state index in [-0.39, 0.29) is 23.4 Å².